The summed E-state index contributed by atoms with van der Waals surface area (Å²) >= 11 is -0.708. The number of hydrogen-bond donors (Lipinski definition) is 0. The van der Waals surface area contributed by atoms with Crippen LogP contribution in [0.15, 0.2) is 17.3 Å². The maximum atomic E-state index is 11.1. The van der Waals surface area contributed by atoms with E-state index in [1.807, 2.05) is 13.8 Å². The van der Waals surface area contributed by atoms with Gasteiger partial charge in [0.05, 0.1) is 0 Å². The Hall–Kier alpha value is -0.920. The molecule has 0 aliphatic heterocycles. The van der Waals surface area contributed by atoms with Crippen molar-refractivity contribution >= 4 is 18.7 Å². The maximum absolute atomic E-state index is 11.1. The number of alkyl halides is 1. The van der Waals surface area contributed by atoms with Crippen molar-refractivity contribution in [3.05, 3.63) is 12.2 Å². The van der Waals surface area contributed by atoms with Crippen molar-refractivity contribution in [3.8, 4) is 0 Å². The van der Waals surface area contributed by atoms with E-state index in [0.717, 1.165) is 0 Å². The van der Waals surface area contributed by atoms with Gasteiger partial charge in [-0.1, -0.05) is 0 Å². The average molecular weight is 312 g/mol. The summed E-state index contributed by atoms with van der Waals surface area (Å²) in [6.45, 7) is 10.0. The molecule has 0 spiro atoms. The summed E-state index contributed by atoms with van der Waals surface area (Å²) in [5.74, 6) is -1.68. The third-order valence-corrected chi connectivity index (χ3v) is 2.60. The summed E-state index contributed by atoms with van der Waals surface area (Å²) in [5, 5.41) is 2.88. The summed E-state index contributed by atoms with van der Waals surface area (Å²) in [7, 11) is 0. The van der Waals surface area contributed by atoms with Gasteiger partial charge in [0, 0.05) is 0 Å². The van der Waals surface area contributed by atoms with E-state index in [0.29, 0.717) is 3.92 Å². The van der Waals surface area contributed by atoms with Gasteiger partial charge in [0.15, 0.2) is 0 Å². The van der Waals surface area contributed by atoms with Crippen molar-refractivity contribution in [1.82, 2.24) is 0 Å². The molecule has 0 amide bonds. The Kier molecular flexibility index (Phi) is 6.09. The van der Waals surface area contributed by atoms with Gasteiger partial charge in [0.2, 0.25) is 0 Å². The quantitative estimate of drug-likeness (QED) is 0.0834. The van der Waals surface area contributed by atoms with Gasteiger partial charge >= 0.3 is 92.8 Å². The minimum absolute atomic E-state index is 0.305. The van der Waals surface area contributed by atoms with Crippen molar-refractivity contribution in [2.45, 2.75) is 17.8 Å². The minimum atomic E-state index is -0.933. The second kappa shape index (κ2) is 6.52. The van der Waals surface area contributed by atoms with Crippen molar-refractivity contribution < 1.29 is 39.1 Å². The van der Waals surface area contributed by atoms with Gasteiger partial charge in [0.25, 0.3) is 0 Å². The molecule has 0 aromatic carbocycles. The van der Waals surface area contributed by atoms with E-state index in [4.69, 9.17) is 3.07 Å². The molecule has 0 bridgehead atoms. The molecule has 0 aliphatic rings. The van der Waals surface area contributed by atoms with Crippen LogP contribution in [0.4, 0.5) is 0 Å². The molecule has 0 rings (SSSR count). The van der Waals surface area contributed by atoms with E-state index in [1.54, 1.807) is 0 Å². The Morgan fingerprint density at radius 2 is 1.93 bits per heavy atom. The van der Waals surface area contributed by atoms with Crippen LogP contribution in [-0.2, 0) is 17.5 Å². The number of halogens is 1. The van der Waals surface area contributed by atoms with Gasteiger partial charge in [0.1, 0.15) is 0 Å². The fourth-order valence-corrected chi connectivity index (χ4v) is 1.38. The number of nitrogens with zero attached hydrogens (tertiary/aromatic N) is 1. The average Bonchev–Trinajstić information content (AvgIpc) is 2.13. The standard InChI is InChI=1S/C8H11INO4/c1-5(2)9-13-7(11)6(3)8(12)14-10-4/h5H,3-4H2,1-2H3/q-1. The zero-order valence-electron chi connectivity index (χ0n) is 7.95. The van der Waals surface area contributed by atoms with Crippen LogP contribution in [-0.4, -0.2) is 22.6 Å². The summed E-state index contributed by atoms with van der Waals surface area (Å²) in [5.41, 5.74) is -0.363. The van der Waals surface area contributed by atoms with Crippen LogP contribution >= 0.6 is 0 Å². The first-order chi connectivity index (χ1) is 6.49. The molecule has 80 valence electrons. The van der Waals surface area contributed by atoms with Gasteiger partial charge in [-0.25, -0.2) is 0 Å². The third kappa shape index (κ3) is 4.95. The Labute approximate surface area is 92.9 Å². The summed E-state index contributed by atoms with van der Waals surface area (Å²) in [6.07, 6.45) is 0. The zero-order chi connectivity index (χ0) is 11.1. The molecule has 0 saturated carbocycles. The van der Waals surface area contributed by atoms with Crippen LogP contribution in [0.5, 0.6) is 0 Å². The van der Waals surface area contributed by atoms with E-state index < -0.39 is 33.6 Å². The molecule has 0 radical (unpaired) electrons. The Bertz CT molecular complexity index is 262. The molecule has 14 heavy (non-hydrogen) atoms. The van der Waals surface area contributed by atoms with Gasteiger partial charge < -0.3 is 0 Å². The number of rotatable bonds is 5. The van der Waals surface area contributed by atoms with E-state index in [-0.39, 0.29) is 5.57 Å². The Morgan fingerprint density at radius 3 is 2.36 bits per heavy atom. The van der Waals surface area contributed by atoms with Gasteiger partial charge in [-0.15, -0.1) is 0 Å². The van der Waals surface area contributed by atoms with Gasteiger partial charge in [-0.3, -0.25) is 0 Å². The van der Waals surface area contributed by atoms with Crippen LogP contribution in [0.2, 0.25) is 0 Å². The molecule has 0 aromatic rings. The molecule has 0 N–H and O–H groups in total. The second-order valence-corrected chi connectivity index (χ2v) is 5.89. The van der Waals surface area contributed by atoms with Crippen LogP contribution in [0.25, 0.3) is 0 Å². The monoisotopic (exact) mass is 312 g/mol. The van der Waals surface area contributed by atoms with Crippen molar-refractivity contribution in [2.24, 2.45) is 5.16 Å². The predicted molar refractivity (Wildman–Crippen MR) is 46.0 cm³/mol. The van der Waals surface area contributed by atoms with Crippen LogP contribution in [0.3, 0.4) is 0 Å². The van der Waals surface area contributed by atoms with Crippen LogP contribution in [0, 0.1) is 0 Å². The topological polar surface area (TPSA) is 65.0 Å². The van der Waals surface area contributed by atoms with Crippen LogP contribution < -0.4 is 21.6 Å². The predicted octanol–water partition coefficient (Wildman–Crippen LogP) is -2.34. The molecule has 0 unspecified atom stereocenters. The Morgan fingerprint density at radius 1 is 1.36 bits per heavy atom. The van der Waals surface area contributed by atoms with Crippen LogP contribution in [0.1, 0.15) is 13.8 Å². The SMILES string of the molecule is C=NOC(=O)C(=C)C(=O)O[I-]C(C)C. The van der Waals surface area contributed by atoms with E-state index in [2.05, 4.69) is 23.3 Å². The number of hydrogen-bond acceptors (Lipinski definition) is 5. The van der Waals surface area contributed by atoms with Gasteiger partial charge in [-0.2, -0.15) is 0 Å². The fraction of sp³-hybridized carbons (Fsp3) is 0.375. The first-order valence-corrected chi connectivity index (χ1v) is 5.82. The molecule has 0 atom stereocenters. The van der Waals surface area contributed by atoms with Crippen molar-refractivity contribution in [1.29, 1.82) is 0 Å². The third-order valence-electron chi connectivity index (χ3n) is 0.933. The summed E-state index contributed by atoms with van der Waals surface area (Å²) in [4.78, 5) is 26.1. The number of carbonyl (C=O) groups is 2. The fourth-order valence-electron chi connectivity index (χ4n) is 0.373. The molecule has 0 heterocycles. The first-order valence-electron chi connectivity index (χ1n) is 3.70. The van der Waals surface area contributed by atoms with Crippen molar-refractivity contribution in [3.63, 3.8) is 0 Å². The molecule has 0 fully saturated rings. The number of oxime groups is 1. The van der Waals surface area contributed by atoms with Gasteiger partial charge in [-0.05, 0) is 0 Å². The Balaban J connectivity index is 4.06. The van der Waals surface area contributed by atoms with Crippen molar-refractivity contribution in [2.75, 3.05) is 0 Å². The molecular weight excluding hydrogens is 301 g/mol. The number of carbonyl (C=O) groups excluding carboxylic acids is 2. The van der Waals surface area contributed by atoms with E-state index in [9.17, 15) is 9.59 Å². The molecular formula is C8H11INO4-. The molecule has 5 nitrogen and oxygen atoms in total. The van der Waals surface area contributed by atoms with E-state index >= 15 is 0 Å². The summed E-state index contributed by atoms with van der Waals surface area (Å²) < 4.78 is 5.15. The molecule has 0 aromatic heterocycles. The normalized spacial score (nSPS) is 9.64. The molecule has 0 aliphatic carbocycles. The second-order valence-electron chi connectivity index (χ2n) is 2.45. The molecule has 6 heteroatoms. The molecule has 0 saturated heterocycles. The summed E-state index contributed by atoms with van der Waals surface area (Å²) in [6, 6.07) is 0. The first kappa shape index (κ1) is 13.1. The zero-order valence-corrected chi connectivity index (χ0v) is 10.1. The van der Waals surface area contributed by atoms with E-state index in [1.165, 1.54) is 0 Å².